The third kappa shape index (κ3) is 4.14. The van der Waals surface area contributed by atoms with E-state index in [1.54, 1.807) is 6.92 Å². The van der Waals surface area contributed by atoms with Crippen molar-refractivity contribution in [3.05, 3.63) is 58.1 Å². The molecule has 2 aliphatic heterocycles. The summed E-state index contributed by atoms with van der Waals surface area (Å²) in [6, 6.07) is 8.07. The van der Waals surface area contributed by atoms with Gasteiger partial charge >= 0.3 is 0 Å². The van der Waals surface area contributed by atoms with Crippen molar-refractivity contribution in [1.29, 1.82) is 0 Å². The van der Waals surface area contributed by atoms with Gasteiger partial charge < -0.3 is 4.90 Å². The highest BCUT2D eigenvalue weighted by Crippen LogP contribution is 2.28. The molecule has 0 radical (unpaired) electrons. The molecule has 1 saturated heterocycles. The molecule has 1 aromatic heterocycles. The van der Waals surface area contributed by atoms with Crippen molar-refractivity contribution in [3.8, 4) is 0 Å². The zero-order valence-corrected chi connectivity index (χ0v) is 16.5. The van der Waals surface area contributed by atoms with Crippen molar-refractivity contribution in [2.24, 2.45) is 0 Å². The summed E-state index contributed by atoms with van der Waals surface area (Å²) in [6.45, 7) is 5.92. The third-order valence-corrected chi connectivity index (χ3v) is 5.99. The maximum Gasteiger partial charge on any atom is 0.219 e. The topological polar surface area (TPSA) is 49.3 Å². The molecule has 0 unspecified atom stereocenters. The molecule has 2 aromatic rings. The molecule has 3 heterocycles. The summed E-state index contributed by atoms with van der Waals surface area (Å²) in [6.07, 6.45) is 5.02. The van der Waals surface area contributed by atoms with E-state index in [2.05, 4.69) is 16.0 Å². The van der Waals surface area contributed by atoms with Gasteiger partial charge in [0.05, 0.1) is 5.69 Å². The molecule has 142 valence electrons. The minimum atomic E-state index is 0.118. The van der Waals surface area contributed by atoms with Gasteiger partial charge in [-0.25, -0.2) is 9.97 Å². The van der Waals surface area contributed by atoms with Crippen molar-refractivity contribution in [2.45, 2.75) is 45.2 Å². The third-order valence-electron chi connectivity index (χ3n) is 5.62. The molecule has 5 nitrogen and oxygen atoms in total. The summed E-state index contributed by atoms with van der Waals surface area (Å²) in [5.41, 5.74) is 3.38. The number of carbonyl (C=O) groups excluding carboxylic acids is 1. The molecule has 4 rings (SSSR count). The monoisotopic (exact) mass is 384 g/mol. The molecule has 0 spiro atoms. The molecule has 1 aromatic carbocycles. The van der Waals surface area contributed by atoms with Crippen LogP contribution >= 0.6 is 11.6 Å². The highest BCUT2D eigenvalue weighted by molar-refractivity contribution is 6.31. The Morgan fingerprint density at radius 3 is 2.96 bits per heavy atom. The van der Waals surface area contributed by atoms with Crippen LogP contribution in [0.25, 0.3) is 0 Å². The van der Waals surface area contributed by atoms with E-state index in [1.807, 2.05) is 29.3 Å². The molecule has 6 heteroatoms. The number of halogens is 1. The second-order valence-corrected chi connectivity index (χ2v) is 7.96. The number of hydrogen-bond acceptors (Lipinski definition) is 4. The van der Waals surface area contributed by atoms with Gasteiger partial charge in [0.15, 0.2) is 0 Å². The number of nitrogens with zero attached hydrogens (tertiary/aromatic N) is 4. The number of amides is 1. The van der Waals surface area contributed by atoms with Crippen LogP contribution in [0.3, 0.4) is 0 Å². The average Bonchev–Trinajstić information content (AvgIpc) is 2.69. The highest BCUT2D eigenvalue weighted by Gasteiger charge is 2.26. The van der Waals surface area contributed by atoms with Gasteiger partial charge in [0.1, 0.15) is 5.82 Å². The molecule has 0 N–H and O–H groups in total. The zero-order valence-electron chi connectivity index (χ0n) is 15.7. The second-order valence-electron chi connectivity index (χ2n) is 7.56. The first-order valence-corrected chi connectivity index (χ1v) is 10.0. The van der Waals surface area contributed by atoms with Crippen molar-refractivity contribution in [2.75, 3.05) is 19.6 Å². The van der Waals surface area contributed by atoms with E-state index >= 15 is 0 Å². The van der Waals surface area contributed by atoms with Gasteiger partial charge in [-0.15, -0.1) is 0 Å². The van der Waals surface area contributed by atoms with Gasteiger partial charge in [-0.3, -0.25) is 9.69 Å². The predicted octanol–water partition coefficient (Wildman–Crippen LogP) is 3.41. The van der Waals surface area contributed by atoms with Crippen LogP contribution in [0, 0.1) is 0 Å². The number of carbonyl (C=O) groups is 1. The van der Waals surface area contributed by atoms with Crippen LogP contribution < -0.4 is 0 Å². The number of hydrogen-bond donors (Lipinski definition) is 0. The Hall–Kier alpha value is -1.98. The second kappa shape index (κ2) is 7.95. The summed E-state index contributed by atoms with van der Waals surface area (Å²) in [5.74, 6) is 1.43. The Morgan fingerprint density at radius 2 is 2.15 bits per heavy atom. The first-order chi connectivity index (χ1) is 13.1. The van der Waals surface area contributed by atoms with Gasteiger partial charge in [-0.05, 0) is 31.0 Å². The summed E-state index contributed by atoms with van der Waals surface area (Å²) >= 11 is 6.33. The molecule has 2 aliphatic rings. The molecule has 1 atom stereocenters. The van der Waals surface area contributed by atoms with Crippen LogP contribution in [0.4, 0.5) is 0 Å². The number of fused-ring (bicyclic) bond motifs is 1. The molecular formula is C21H25ClN4O. The van der Waals surface area contributed by atoms with E-state index in [0.29, 0.717) is 12.5 Å². The van der Waals surface area contributed by atoms with E-state index in [0.717, 1.165) is 67.5 Å². The van der Waals surface area contributed by atoms with Gasteiger partial charge in [0.25, 0.3) is 0 Å². The minimum absolute atomic E-state index is 0.118. The van der Waals surface area contributed by atoms with Gasteiger partial charge in [-0.1, -0.05) is 29.8 Å². The van der Waals surface area contributed by atoms with Crippen LogP contribution in [0.5, 0.6) is 0 Å². The lowest BCUT2D eigenvalue weighted by Crippen LogP contribution is -2.36. The Bertz CT molecular complexity index is 841. The summed E-state index contributed by atoms with van der Waals surface area (Å²) in [4.78, 5) is 25.5. The lowest BCUT2D eigenvalue weighted by Gasteiger charge is -2.33. The van der Waals surface area contributed by atoms with Crippen LogP contribution in [0.2, 0.25) is 5.02 Å². The number of rotatable bonds is 3. The van der Waals surface area contributed by atoms with E-state index in [4.69, 9.17) is 16.6 Å². The normalized spacial score (nSPS) is 20.4. The Balaban J connectivity index is 1.46. The standard InChI is InChI=1S/C21H25ClN4O/c1-15(27)26-10-8-20-18(14-26)11-23-21(24-20)17-6-4-9-25(13-17)12-16-5-2-3-7-19(16)22/h2-3,5,7,11,17H,4,6,8-10,12-14H2,1H3/t17-/m1/s1. The first-order valence-electron chi connectivity index (χ1n) is 9.66. The van der Waals surface area contributed by atoms with E-state index in [-0.39, 0.29) is 5.91 Å². The van der Waals surface area contributed by atoms with Crippen LogP contribution in [-0.4, -0.2) is 45.3 Å². The fourth-order valence-corrected chi connectivity index (χ4v) is 4.27. The Labute approximate surface area is 165 Å². The van der Waals surface area contributed by atoms with E-state index in [9.17, 15) is 4.79 Å². The molecule has 0 aliphatic carbocycles. The Morgan fingerprint density at radius 1 is 1.30 bits per heavy atom. The summed E-state index contributed by atoms with van der Waals surface area (Å²) in [5, 5.41) is 0.833. The summed E-state index contributed by atoms with van der Waals surface area (Å²) in [7, 11) is 0. The predicted molar refractivity (Wildman–Crippen MR) is 106 cm³/mol. The quantitative estimate of drug-likeness (QED) is 0.813. The van der Waals surface area contributed by atoms with Gasteiger partial charge in [0.2, 0.25) is 5.91 Å². The van der Waals surface area contributed by atoms with Crippen molar-refractivity contribution < 1.29 is 4.79 Å². The minimum Gasteiger partial charge on any atom is -0.338 e. The molecular weight excluding hydrogens is 360 g/mol. The van der Waals surface area contributed by atoms with Crippen molar-refractivity contribution in [1.82, 2.24) is 19.8 Å². The fourth-order valence-electron chi connectivity index (χ4n) is 4.07. The lowest BCUT2D eigenvalue weighted by atomic mass is 9.96. The largest absolute Gasteiger partial charge is 0.338 e. The Kier molecular flexibility index (Phi) is 5.41. The molecule has 27 heavy (non-hydrogen) atoms. The lowest BCUT2D eigenvalue weighted by molar-refractivity contribution is -0.129. The van der Waals surface area contributed by atoms with Gasteiger partial charge in [0, 0.05) is 62.2 Å². The first kappa shape index (κ1) is 18.4. The number of likely N-dealkylation sites (tertiary alicyclic amines) is 1. The maximum absolute atomic E-state index is 11.6. The highest BCUT2D eigenvalue weighted by atomic mass is 35.5. The van der Waals surface area contributed by atoms with E-state index < -0.39 is 0 Å². The van der Waals surface area contributed by atoms with E-state index in [1.165, 1.54) is 5.56 Å². The SMILES string of the molecule is CC(=O)N1CCc2nc([C@@H]3CCCN(Cc4ccccc4Cl)C3)ncc2C1. The maximum atomic E-state index is 11.6. The van der Waals surface area contributed by atoms with Crippen molar-refractivity contribution in [3.63, 3.8) is 0 Å². The van der Waals surface area contributed by atoms with Crippen LogP contribution in [-0.2, 0) is 24.3 Å². The van der Waals surface area contributed by atoms with Crippen LogP contribution in [0.15, 0.2) is 30.5 Å². The average molecular weight is 385 g/mol. The number of benzene rings is 1. The summed E-state index contributed by atoms with van der Waals surface area (Å²) < 4.78 is 0. The molecule has 1 amide bonds. The van der Waals surface area contributed by atoms with Crippen molar-refractivity contribution >= 4 is 17.5 Å². The zero-order chi connectivity index (χ0) is 18.8. The smallest absolute Gasteiger partial charge is 0.219 e. The molecule has 0 bridgehead atoms. The van der Waals surface area contributed by atoms with Crippen LogP contribution in [0.1, 0.15) is 48.3 Å². The molecule has 1 fully saturated rings. The molecule has 0 saturated carbocycles. The number of aromatic nitrogens is 2. The number of piperidine rings is 1. The fraction of sp³-hybridized carbons (Fsp3) is 0.476. The van der Waals surface area contributed by atoms with Gasteiger partial charge in [-0.2, -0.15) is 0 Å².